The molecule has 0 atom stereocenters. The minimum absolute atomic E-state index is 0.172. The summed E-state index contributed by atoms with van der Waals surface area (Å²) in [5.41, 5.74) is 0.172. The molecule has 2 fully saturated rings. The second kappa shape index (κ2) is 5.50. The summed E-state index contributed by atoms with van der Waals surface area (Å²) in [5.74, 6) is 0.653. The molecule has 2 nitrogen and oxygen atoms in total. The highest BCUT2D eigenvalue weighted by Gasteiger charge is 2.34. The van der Waals surface area contributed by atoms with Crippen LogP contribution in [-0.4, -0.2) is 24.8 Å². The Morgan fingerprint density at radius 3 is 2.44 bits per heavy atom. The molecule has 0 saturated heterocycles. The lowest BCUT2D eigenvalue weighted by Gasteiger charge is -2.38. The van der Waals surface area contributed by atoms with Gasteiger partial charge in [-0.3, -0.25) is 0 Å². The molecule has 0 aromatic heterocycles. The molecule has 0 radical (unpaired) electrons. The smallest absolute Gasteiger partial charge is 0.0806 e. The molecule has 0 amide bonds. The van der Waals surface area contributed by atoms with E-state index in [1.165, 1.54) is 44.9 Å². The zero-order chi connectivity index (χ0) is 11.4. The molecule has 2 aliphatic rings. The Morgan fingerprint density at radius 1 is 1.19 bits per heavy atom. The maximum absolute atomic E-state index is 6.25. The van der Waals surface area contributed by atoms with E-state index >= 15 is 0 Å². The minimum Gasteiger partial charge on any atom is -0.373 e. The van der Waals surface area contributed by atoms with Crippen molar-refractivity contribution in [3.05, 3.63) is 0 Å². The molecule has 94 valence electrons. The first kappa shape index (κ1) is 12.4. The highest BCUT2D eigenvalue weighted by Crippen LogP contribution is 2.32. The van der Waals surface area contributed by atoms with Crippen molar-refractivity contribution < 1.29 is 4.74 Å². The number of hydrogen-bond donors (Lipinski definition) is 1. The van der Waals surface area contributed by atoms with E-state index in [0.717, 1.165) is 19.2 Å². The van der Waals surface area contributed by atoms with Gasteiger partial charge in [-0.1, -0.05) is 33.1 Å². The van der Waals surface area contributed by atoms with Gasteiger partial charge in [0.15, 0.2) is 0 Å². The number of hydrogen-bond acceptors (Lipinski definition) is 2. The Labute approximate surface area is 100 Å². The second-order valence-electron chi connectivity index (χ2n) is 6.10. The molecule has 0 heterocycles. The molecule has 0 spiro atoms. The lowest BCUT2D eigenvalue weighted by atomic mass is 9.84. The van der Waals surface area contributed by atoms with Crippen molar-refractivity contribution in [2.75, 3.05) is 13.2 Å². The topological polar surface area (TPSA) is 21.3 Å². The monoisotopic (exact) mass is 225 g/mol. The Kier molecular flexibility index (Phi) is 4.26. The van der Waals surface area contributed by atoms with Gasteiger partial charge in [-0.05, 0) is 31.6 Å². The van der Waals surface area contributed by atoms with Crippen LogP contribution < -0.4 is 5.32 Å². The van der Waals surface area contributed by atoms with Crippen molar-refractivity contribution in [1.82, 2.24) is 5.32 Å². The molecule has 2 aliphatic carbocycles. The molecule has 16 heavy (non-hydrogen) atoms. The first-order valence-electron chi connectivity index (χ1n) is 7.08. The summed E-state index contributed by atoms with van der Waals surface area (Å²) in [4.78, 5) is 0. The van der Waals surface area contributed by atoms with Gasteiger partial charge in [-0.25, -0.2) is 0 Å². The molecule has 0 aromatic rings. The van der Waals surface area contributed by atoms with Crippen LogP contribution in [0.2, 0.25) is 0 Å². The van der Waals surface area contributed by atoms with E-state index in [0.29, 0.717) is 5.92 Å². The summed E-state index contributed by atoms with van der Waals surface area (Å²) in [6.07, 6.45) is 9.38. The molecule has 0 unspecified atom stereocenters. The predicted molar refractivity (Wildman–Crippen MR) is 67.6 cm³/mol. The van der Waals surface area contributed by atoms with Gasteiger partial charge in [-0.15, -0.1) is 0 Å². The van der Waals surface area contributed by atoms with Crippen molar-refractivity contribution in [1.29, 1.82) is 0 Å². The van der Waals surface area contributed by atoms with E-state index in [1.807, 2.05) is 0 Å². The summed E-state index contributed by atoms with van der Waals surface area (Å²) >= 11 is 0. The van der Waals surface area contributed by atoms with E-state index in [-0.39, 0.29) is 5.60 Å². The van der Waals surface area contributed by atoms with E-state index < -0.39 is 0 Å². The van der Waals surface area contributed by atoms with E-state index in [1.54, 1.807) is 0 Å². The van der Waals surface area contributed by atoms with Gasteiger partial charge in [0, 0.05) is 19.2 Å². The normalized spacial score (nSPS) is 24.9. The summed E-state index contributed by atoms with van der Waals surface area (Å²) in [5, 5.41) is 3.67. The van der Waals surface area contributed by atoms with Crippen LogP contribution in [0.5, 0.6) is 0 Å². The van der Waals surface area contributed by atoms with Gasteiger partial charge in [0.25, 0.3) is 0 Å². The van der Waals surface area contributed by atoms with Gasteiger partial charge >= 0.3 is 0 Å². The Hall–Kier alpha value is -0.0800. The molecular weight excluding hydrogens is 198 g/mol. The predicted octanol–water partition coefficient (Wildman–Crippen LogP) is 3.11. The SMILES string of the molecule is CC(C)COC1(CNC2CC2)CCCCC1. The van der Waals surface area contributed by atoms with Crippen molar-refractivity contribution in [2.45, 2.75) is 70.4 Å². The molecule has 2 saturated carbocycles. The number of rotatable bonds is 6. The van der Waals surface area contributed by atoms with Crippen LogP contribution in [0.3, 0.4) is 0 Å². The summed E-state index contributed by atoms with van der Waals surface area (Å²) in [6.45, 7) is 6.49. The highest BCUT2D eigenvalue weighted by atomic mass is 16.5. The third-order valence-corrected chi connectivity index (χ3v) is 3.78. The third kappa shape index (κ3) is 3.74. The maximum Gasteiger partial charge on any atom is 0.0806 e. The zero-order valence-electron chi connectivity index (χ0n) is 10.9. The molecule has 2 heteroatoms. The largest absolute Gasteiger partial charge is 0.373 e. The maximum atomic E-state index is 6.25. The number of ether oxygens (including phenoxy) is 1. The molecule has 0 aliphatic heterocycles. The van der Waals surface area contributed by atoms with Crippen LogP contribution in [0.4, 0.5) is 0 Å². The second-order valence-corrected chi connectivity index (χ2v) is 6.10. The van der Waals surface area contributed by atoms with Gasteiger partial charge < -0.3 is 10.1 Å². The van der Waals surface area contributed by atoms with Crippen LogP contribution in [0.15, 0.2) is 0 Å². The van der Waals surface area contributed by atoms with Crippen LogP contribution in [0.25, 0.3) is 0 Å². The molecule has 0 bridgehead atoms. The lowest BCUT2D eigenvalue weighted by molar-refractivity contribution is -0.0783. The van der Waals surface area contributed by atoms with Crippen molar-refractivity contribution in [3.63, 3.8) is 0 Å². The molecule has 0 aromatic carbocycles. The van der Waals surface area contributed by atoms with Crippen LogP contribution in [0, 0.1) is 5.92 Å². The Morgan fingerprint density at radius 2 is 1.88 bits per heavy atom. The highest BCUT2D eigenvalue weighted by molar-refractivity contribution is 4.91. The fraction of sp³-hybridized carbons (Fsp3) is 1.00. The molecular formula is C14H27NO. The first-order chi connectivity index (χ1) is 7.70. The summed E-state index contributed by atoms with van der Waals surface area (Å²) < 4.78 is 6.25. The van der Waals surface area contributed by atoms with E-state index in [2.05, 4.69) is 19.2 Å². The average molecular weight is 225 g/mol. The Bertz CT molecular complexity index is 197. The zero-order valence-corrected chi connectivity index (χ0v) is 10.9. The summed E-state index contributed by atoms with van der Waals surface area (Å²) in [7, 11) is 0. The molecule has 2 rings (SSSR count). The number of nitrogens with one attached hydrogen (secondary N) is 1. The van der Waals surface area contributed by atoms with Crippen molar-refractivity contribution >= 4 is 0 Å². The van der Waals surface area contributed by atoms with Gasteiger partial charge in [0.1, 0.15) is 0 Å². The fourth-order valence-corrected chi connectivity index (χ4v) is 2.53. The van der Waals surface area contributed by atoms with Crippen molar-refractivity contribution in [2.24, 2.45) is 5.92 Å². The van der Waals surface area contributed by atoms with Gasteiger partial charge in [0.2, 0.25) is 0 Å². The van der Waals surface area contributed by atoms with E-state index in [9.17, 15) is 0 Å². The fourth-order valence-electron chi connectivity index (χ4n) is 2.53. The first-order valence-corrected chi connectivity index (χ1v) is 7.08. The third-order valence-electron chi connectivity index (χ3n) is 3.78. The summed E-state index contributed by atoms with van der Waals surface area (Å²) in [6, 6.07) is 0.807. The van der Waals surface area contributed by atoms with Gasteiger partial charge in [0.05, 0.1) is 5.60 Å². The average Bonchev–Trinajstić information content (AvgIpc) is 3.09. The lowest BCUT2D eigenvalue weighted by Crippen LogP contribution is -2.46. The van der Waals surface area contributed by atoms with Gasteiger partial charge in [-0.2, -0.15) is 0 Å². The van der Waals surface area contributed by atoms with Crippen LogP contribution >= 0.6 is 0 Å². The van der Waals surface area contributed by atoms with Crippen LogP contribution in [-0.2, 0) is 4.74 Å². The van der Waals surface area contributed by atoms with Crippen molar-refractivity contribution in [3.8, 4) is 0 Å². The van der Waals surface area contributed by atoms with Crippen LogP contribution in [0.1, 0.15) is 58.8 Å². The molecule has 1 N–H and O–H groups in total. The standard InChI is InChI=1S/C14H27NO/c1-12(2)10-16-14(8-4-3-5-9-14)11-15-13-6-7-13/h12-13,15H,3-11H2,1-2H3. The van der Waals surface area contributed by atoms with E-state index in [4.69, 9.17) is 4.74 Å². The quantitative estimate of drug-likeness (QED) is 0.750. The minimum atomic E-state index is 0.172. The Balaban J connectivity index is 1.82.